The van der Waals surface area contributed by atoms with E-state index in [2.05, 4.69) is 153 Å². The standard InChI is InChI=1S/C46H28N4O2/c1-2-8-35-30(6-1)7-5-11-36(35)31-14-12-29(13-15-31)32-16-17-39-40(22-32)46(34-19-21-48-42(24-34)44-26-52-28-50-44)38-10-4-3-9-37(38)45(39)33-18-20-47-41(23-33)43-25-51-27-49-43/h1-28H. The molecule has 0 aliphatic heterocycles. The number of pyridine rings is 2. The maximum atomic E-state index is 5.31. The molecule has 0 atom stereocenters. The van der Waals surface area contributed by atoms with Gasteiger partial charge in [0.2, 0.25) is 0 Å². The summed E-state index contributed by atoms with van der Waals surface area (Å²) in [5.41, 5.74) is 11.9. The van der Waals surface area contributed by atoms with Crippen molar-refractivity contribution in [1.82, 2.24) is 19.9 Å². The molecule has 0 bridgehead atoms. The SMILES string of the molecule is c1ccc2c(-c3ccc(-c4ccc5c(-c6ccnc(-c7cocn7)c6)c6ccccc6c(-c6ccnc(-c7cocn7)c6)c5c4)cc3)cccc2c1. The van der Waals surface area contributed by atoms with Crippen molar-refractivity contribution < 1.29 is 8.83 Å². The number of aromatic nitrogens is 4. The molecule has 0 N–H and O–H groups in total. The molecule has 10 aromatic rings. The van der Waals surface area contributed by atoms with Gasteiger partial charge in [-0.3, -0.25) is 9.97 Å². The fraction of sp³-hybridized carbons (Fsp3) is 0. The van der Waals surface area contributed by atoms with Crippen LogP contribution in [0, 0.1) is 0 Å². The lowest BCUT2D eigenvalue weighted by molar-refractivity contribution is 0.558. The molecule has 244 valence electrons. The second-order valence-corrected chi connectivity index (χ2v) is 12.8. The first-order chi connectivity index (χ1) is 25.8. The Morgan fingerprint density at radius 3 is 1.52 bits per heavy atom. The summed E-state index contributed by atoms with van der Waals surface area (Å²) in [5, 5.41) is 7.00. The maximum Gasteiger partial charge on any atom is 0.181 e. The lowest BCUT2D eigenvalue weighted by atomic mass is 9.84. The van der Waals surface area contributed by atoms with Crippen molar-refractivity contribution >= 4 is 32.3 Å². The summed E-state index contributed by atoms with van der Waals surface area (Å²) in [6.07, 6.45) is 9.80. The number of hydrogen-bond donors (Lipinski definition) is 0. The lowest BCUT2D eigenvalue weighted by Crippen LogP contribution is -1.94. The summed E-state index contributed by atoms with van der Waals surface area (Å²) < 4.78 is 10.6. The molecule has 0 radical (unpaired) electrons. The minimum absolute atomic E-state index is 0.691. The Hall–Kier alpha value is -7.18. The Morgan fingerprint density at radius 2 is 0.885 bits per heavy atom. The molecule has 4 aromatic heterocycles. The molecule has 6 heteroatoms. The van der Waals surface area contributed by atoms with E-state index >= 15 is 0 Å². The highest BCUT2D eigenvalue weighted by Gasteiger charge is 2.19. The Bertz CT molecular complexity index is 2890. The normalized spacial score (nSPS) is 11.5. The van der Waals surface area contributed by atoms with Crippen LogP contribution >= 0.6 is 0 Å². The third-order valence-corrected chi connectivity index (χ3v) is 9.83. The molecule has 52 heavy (non-hydrogen) atoms. The second-order valence-electron chi connectivity index (χ2n) is 12.8. The van der Waals surface area contributed by atoms with E-state index < -0.39 is 0 Å². The summed E-state index contributed by atoms with van der Waals surface area (Å²) in [4.78, 5) is 18.0. The second kappa shape index (κ2) is 12.3. The van der Waals surface area contributed by atoms with Crippen LogP contribution in [-0.4, -0.2) is 19.9 Å². The van der Waals surface area contributed by atoms with Gasteiger partial charge in [-0.05, 0) is 107 Å². The van der Waals surface area contributed by atoms with Crippen molar-refractivity contribution in [2.24, 2.45) is 0 Å². The van der Waals surface area contributed by atoms with E-state index in [0.717, 1.165) is 66.3 Å². The van der Waals surface area contributed by atoms with E-state index in [9.17, 15) is 0 Å². The first-order valence-corrected chi connectivity index (χ1v) is 17.1. The number of rotatable bonds is 6. The number of benzene rings is 6. The predicted octanol–water partition coefficient (Wildman–Crippen LogP) is 11.9. The topological polar surface area (TPSA) is 77.8 Å². The average molecular weight is 669 g/mol. The minimum atomic E-state index is 0.691. The average Bonchev–Trinajstić information content (AvgIpc) is 3.96. The fourth-order valence-corrected chi connectivity index (χ4v) is 7.43. The van der Waals surface area contributed by atoms with Crippen LogP contribution in [0.2, 0.25) is 0 Å². The summed E-state index contributed by atoms with van der Waals surface area (Å²) in [6, 6.07) is 47.7. The number of hydrogen-bond acceptors (Lipinski definition) is 6. The van der Waals surface area contributed by atoms with E-state index in [4.69, 9.17) is 8.83 Å². The van der Waals surface area contributed by atoms with Crippen molar-refractivity contribution in [2.75, 3.05) is 0 Å². The van der Waals surface area contributed by atoms with Crippen LogP contribution in [0.25, 0.3) is 99.6 Å². The van der Waals surface area contributed by atoms with Gasteiger partial charge >= 0.3 is 0 Å². The van der Waals surface area contributed by atoms with Gasteiger partial charge in [0.05, 0.1) is 11.4 Å². The first-order valence-electron chi connectivity index (χ1n) is 17.1. The third kappa shape index (κ3) is 5.05. The summed E-state index contributed by atoms with van der Waals surface area (Å²) >= 11 is 0. The maximum absolute atomic E-state index is 5.31. The van der Waals surface area contributed by atoms with Gasteiger partial charge in [0, 0.05) is 12.4 Å². The van der Waals surface area contributed by atoms with Gasteiger partial charge in [-0.1, -0.05) is 103 Å². The van der Waals surface area contributed by atoms with Crippen molar-refractivity contribution in [1.29, 1.82) is 0 Å². The summed E-state index contributed by atoms with van der Waals surface area (Å²) in [5.74, 6) is 0. The van der Waals surface area contributed by atoms with Gasteiger partial charge in [-0.2, -0.15) is 0 Å². The van der Waals surface area contributed by atoms with Crippen molar-refractivity contribution in [2.45, 2.75) is 0 Å². The molecular formula is C46H28N4O2. The molecule has 0 saturated carbocycles. The molecule has 6 aromatic carbocycles. The van der Waals surface area contributed by atoms with Crippen LogP contribution in [-0.2, 0) is 0 Å². The molecule has 0 unspecified atom stereocenters. The van der Waals surface area contributed by atoms with Gasteiger partial charge in [0.15, 0.2) is 12.8 Å². The molecule has 10 rings (SSSR count). The van der Waals surface area contributed by atoms with Crippen LogP contribution in [0.1, 0.15) is 0 Å². The quantitative estimate of drug-likeness (QED) is 0.164. The summed E-state index contributed by atoms with van der Waals surface area (Å²) in [7, 11) is 0. The third-order valence-electron chi connectivity index (χ3n) is 9.83. The van der Waals surface area contributed by atoms with Gasteiger partial charge in [0.1, 0.15) is 23.9 Å². The van der Waals surface area contributed by atoms with Gasteiger partial charge < -0.3 is 8.83 Å². The van der Waals surface area contributed by atoms with Crippen LogP contribution in [0.15, 0.2) is 180 Å². The van der Waals surface area contributed by atoms with Crippen LogP contribution in [0.3, 0.4) is 0 Å². The van der Waals surface area contributed by atoms with Crippen LogP contribution in [0.5, 0.6) is 0 Å². The van der Waals surface area contributed by atoms with E-state index in [1.54, 1.807) is 12.5 Å². The highest BCUT2D eigenvalue weighted by Crippen LogP contribution is 2.45. The van der Waals surface area contributed by atoms with E-state index in [1.807, 2.05) is 12.4 Å². The number of oxazole rings is 2. The Balaban J connectivity index is 1.20. The van der Waals surface area contributed by atoms with E-state index in [-0.39, 0.29) is 0 Å². The monoisotopic (exact) mass is 668 g/mol. The highest BCUT2D eigenvalue weighted by molar-refractivity contribution is 6.22. The zero-order valence-corrected chi connectivity index (χ0v) is 27.8. The smallest absolute Gasteiger partial charge is 0.181 e. The lowest BCUT2D eigenvalue weighted by Gasteiger charge is -2.19. The molecule has 0 aliphatic carbocycles. The van der Waals surface area contributed by atoms with Crippen molar-refractivity contribution in [3.05, 3.63) is 171 Å². The molecule has 4 heterocycles. The fourth-order valence-electron chi connectivity index (χ4n) is 7.43. The highest BCUT2D eigenvalue weighted by atomic mass is 16.3. The summed E-state index contributed by atoms with van der Waals surface area (Å²) in [6.45, 7) is 0. The first kappa shape index (κ1) is 29.7. The van der Waals surface area contributed by atoms with E-state index in [1.165, 1.54) is 34.7 Å². The van der Waals surface area contributed by atoms with E-state index in [0.29, 0.717) is 11.4 Å². The number of fused-ring (bicyclic) bond motifs is 3. The van der Waals surface area contributed by atoms with Gasteiger partial charge in [0.25, 0.3) is 0 Å². The Labute approximate surface area is 298 Å². The molecule has 0 amide bonds. The minimum Gasteiger partial charge on any atom is -0.451 e. The largest absolute Gasteiger partial charge is 0.451 e. The number of nitrogens with zero attached hydrogens (tertiary/aromatic N) is 4. The van der Waals surface area contributed by atoms with Crippen LogP contribution in [0.4, 0.5) is 0 Å². The van der Waals surface area contributed by atoms with Crippen molar-refractivity contribution in [3.8, 4) is 67.3 Å². The Kier molecular flexibility index (Phi) is 7.03. The molecule has 6 nitrogen and oxygen atoms in total. The van der Waals surface area contributed by atoms with Crippen molar-refractivity contribution in [3.63, 3.8) is 0 Å². The van der Waals surface area contributed by atoms with Crippen LogP contribution < -0.4 is 0 Å². The molecule has 0 fully saturated rings. The molecule has 0 aliphatic rings. The molecule has 0 spiro atoms. The zero-order valence-electron chi connectivity index (χ0n) is 27.8. The van der Waals surface area contributed by atoms with Gasteiger partial charge in [-0.25, -0.2) is 9.97 Å². The van der Waals surface area contributed by atoms with Gasteiger partial charge in [-0.15, -0.1) is 0 Å². The molecule has 0 saturated heterocycles. The molecular weight excluding hydrogens is 641 g/mol. The predicted molar refractivity (Wildman–Crippen MR) is 207 cm³/mol. The Morgan fingerprint density at radius 1 is 0.346 bits per heavy atom. The zero-order chi connectivity index (χ0) is 34.4.